The molecule has 78 valence electrons. The summed E-state index contributed by atoms with van der Waals surface area (Å²) in [5, 5.41) is 8.16. The molecule has 0 radical (unpaired) electrons. The topological polar surface area (TPSA) is 82.1 Å². The van der Waals surface area contributed by atoms with Crippen molar-refractivity contribution in [3.05, 3.63) is 25.7 Å². The van der Waals surface area contributed by atoms with E-state index in [1.54, 1.807) is 0 Å². The second-order valence-corrected chi connectivity index (χ2v) is 1.94. The Bertz CT molecular complexity index is 224. The predicted molar refractivity (Wildman–Crippen MR) is 44.9 cm³/mol. The monoisotopic (exact) mass is 202 g/mol. The lowest BCUT2D eigenvalue weighted by Crippen LogP contribution is -2.25. The highest BCUT2D eigenvalue weighted by atomic mass is 16.7. The maximum atomic E-state index is 10.5. The van der Waals surface area contributed by atoms with Crippen LogP contribution in [0.5, 0.6) is 0 Å². The Labute approximate surface area is 80.4 Å². The quantitative estimate of drug-likeness (QED) is 0.288. The molecular formula is C8H10O6. The molecule has 0 saturated heterocycles. The normalized spacial score (nSPS) is 8.93. The molecule has 0 amide bonds. The van der Waals surface area contributed by atoms with Crippen molar-refractivity contribution >= 4 is 11.9 Å². The molecule has 0 bridgehead atoms. The van der Waals surface area contributed by atoms with Crippen LogP contribution in [0.15, 0.2) is 25.7 Å². The Morgan fingerprint density at radius 2 is 1.79 bits per heavy atom. The maximum Gasteiger partial charge on any atom is 0.417 e. The highest BCUT2D eigenvalue weighted by Crippen LogP contribution is 1.97. The van der Waals surface area contributed by atoms with Crippen LogP contribution in [0.2, 0.25) is 0 Å². The van der Waals surface area contributed by atoms with Gasteiger partial charge in [-0.05, 0) is 0 Å². The molecule has 0 aliphatic carbocycles. The van der Waals surface area contributed by atoms with E-state index < -0.39 is 18.2 Å². The third kappa shape index (κ3) is 4.81. The molecule has 0 saturated carbocycles. The first kappa shape index (κ1) is 12.0. The van der Waals surface area contributed by atoms with Gasteiger partial charge in [0, 0.05) is 0 Å². The molecule has 0 fully saturated rings. The number of carboxylic acids is 1. The molecule has 1 N–H and O–H groups in total. The van der Waals surface area contributed by atoms with Crippen molar-refractivity contribution in [3.8, 4) is 0 Å². The second-order valence-electron chi connectivity index (χ2n) is 1.94. The van der Waals surface area contributed by atoms with Crippen LogP contribution in [0, 0.1) is 0 Å². The number of hydrogen-bond acceptors (Lipinski definition) is 5. The summed E-state index contributed by atoms with van der Waals surface area (Å²) in [4.78, 5) is 20.5. The summed E-state index contributed by atoms with van der Waals surface area (Å²) >= 11 is 0. The summed E-state index contributed by atoms with van der Waals surface area (Å²) in [5.74, 6) is -3.06. The third-order valence-electron chi connectivity index (χ3n) is 1.02. The lowest BCUT2D eigenvalue weighted by atomic mass is 10.6. The Kier molecular flexibility index (Phi) is 5.60. The van der Waals surface area contributed by atoms with Crippen LogP contribution in [-0.2, 0) is 23.8 Å². The van der Waals surface area contributed by atoms with Crippen LogP contribution in [0.3, 0.4) is 0 Å². The number of carboxylic acid groups (broad SMARTS) is 1. The van der Waals surface area contributed by atoms with Crippen molar-refractivity contribution < 1.29 is 28.9 Å². The number of rotatable bonds is 6. The van der Waals surface area contributed by atoms with E-state index in [2.05, 4.69) is 17.9 Å². The zero-order valence-electron chi connectivity index (χ0n) is 7.34. The fourth-order valence-corrected chi connectivity index (χ4v) is 0.531. The van der Waals surface area contributed by atoms with Crippen molar-refractivity contribution in [1.82, 2.24) is 0 Å². The van der Waals surface area contributed by atoms with Gasteiger partial charge in [-0.15, -0.1) is 0 Å². The Morgan fingerprint density at radius 1 is 1.29 bits per heavy atom. The summed E-state index contributed by atoms with van der Waals surface area (Å²) in [5.41, 5.74) is 0. The van der Waals surface area contributed by atoms with Crippen LogP contribution >= 0.6 is 0 Å². The van der Waals surface area contributed by atoms with Gasteiger partial charge in [-0.1, -0.05) is 13.2 Å². The van der Waals surface area contributed by atoms with Gasteiger partial charge in [-0.25, -0.2) is 9.59 Å². The first-order valence-corrected chi connectivity index (χ1v) is 3.54. The average molecular weight is 202 g/mol. The summed E-state index contributed by atoms with van der Waals surface area (Å²) in [6.45, 7) is 6.15. The van der Waals surface area contributed by atoms with Crippen LogP contribution in [0.1, 0.15) is 0 Å². The highest BCUT2D eigenvalue weighted by molar-refractivity contribution is 6.28. The van der Waals surface area contributed by atoms with Crippen LogP contribution in [0.4, 0.5) is 0 Å². The first-order chi connectivity index (χ1) is 6.61. The van der Waals surface area contributed by atoms with Crippen molar-refractivity contribution in [2.75, 3.05) is 6.61 Å². The minimum atomic E-state index is -1.68. The molecule has 0 unspecified atom stereocenters. The van der Waals surface area contributed by atoms with E-state index in [4.69, 9.17) is 14.6 Å². The Morgan fingerprint density at radius 3 is 2.14 bits per heavy atom. The predicted octanol–water partition coefficient (Wildman–Crippen LogP) is 0.260. The summed E-state index contributed by atoms with van der Waals surface area (Å²) < 4.78 is 13.7. The zero-order chi connectivity index (χ0) is 11.0. The molecule has 6 heteroatoms. The zero-order valence-corrected chi connectivity index (χ0v) is 7.34. The number of ether oxygens (including phenoxy) is 3. The Balaban J connectivity index is 3.91. The fraction of sp³-hybridized carbons (Fsp3) is 0.250. The molecule has 14 heavy (non-hydrogen) atoms. The minimum Gasteiger partial charge on any atom is -0.473 e. The van der Waals surface area contributed by atoms with E-state index in [9.17, 15) is 9.59 Å². The second kappa shape index (κ2) is 6.53. The van der Waals surface area contributed by atoms with Gasteiger partial charge >= 0.3 is 11.9 Å². The summed E-state index contributed by atoms with van der Waals surface area (Å²) in [6, 6.07) is 0. The standard InChI is InChI=1S/C8H10O6/c1-3-12-6(13-4-2)5-14-8(11)7(9)10/h3-4,6H,1-2,5H2,(H,9,10). The van der Waals surface area contributed by atoms with Crippen molar-refractivity contribution in [2.45, 2.75) is 6.29 Å². The maximum absolute atomic E-state index is 10.5. The molecule has 6 nitrogen and oxygen atoms in total. The summed E-state index contributed by atoms with van der Waals surface area (Å²) in [7, 11) is 0. The number of aliphatic carboxylic acids is 1. The SMILES string of the molecule is C=COC(COC(=O)C(=O)O)OC=C. The average Bonchev–Trinajstić information content (AvgIpc) is 2.14. The van der Waals surface area contributed by atoms with E-state index in [0.29, 0.717) is 0 Å². The van der Waals surface area contributed by atoms with Gasteiger partial charge in [0.1, 0.15) is 0 Å². The van der Waals surface area contributed by atoms with E-state index in [0.717, 1.165) is 12.5 Å². The number of carbonyl (C=O) groups is 2. The lowest BCUT2D eigenvalue weighted by Gasteiger charge is -2.14. The molecule has 0 aromatic rings. The molecule has 0 atom stereocenters. The molecule has 0 rings (SSSR count). The fourth-order valence-electron chi connectivity index (χ4n) is 0.531. The van der Waals surface area contributed by atoms with Crippen LogP contribution in [0.25, 0.3) is 0 Å². The van der Waals surface area contributed by atoms with Gasteiger partial charge in [-0.2, -0.15) is 0 Å². The molecule has 0 aromatic heterocycles. The Hall–Kier alpha value is -1.98. The van der Waals surface area contributed by atoms with E-state index >= 15 is 0 Å². The highest BCUT2D eigenvalue weighted by Gasteiger charge is 2.16. The van der Waals surface area contributed by atoms with Gasteiger partial charge in [0.15, 0.2) is 6.61 Å². The van der Waals surface area contributed by atoms with Crippen LogP contribution in [-0.4, -0.2) is 29.9 Å². The largest absolute Gasteiger partial charge is 0.473 e. The summed E-state index contributed by atoms with van der Waals surface area (Å²) in [6.07, 6.45) is 1.21. The minimum absolute atomic E-state index is 0.358. The van der Waals surface area contributed by atoms with Gasteiger partial charge in [0.2, 0.25) is 0 Å². The molecular weight excluding hydrogens is 192 g/mol. The van der Waals surface area contributed by atoms with Gasteiger partial charge in [-0.3, -0.25) is 0 Å². The number of carbonyl (C=O) groups excluding carboxylic acids is 1. The lowest BCUT2D eigenvalue weighted by molar-refractivity contribution is -0.171. The van der Waals surface area contributed by atoms with Crippen molar-refractivity contribution in [2.24, 2.45) is 0 Å². The van der Waals surface area contributed by atoms with Crippen molar-refractivity contribution in [3.63, 3.8) is 0 Å². The van der Waals surface area contributed by atoms with Crippen molar-refractivity contribution in [1.29, 1.82) is 0 Å². The van der Waals surface area contributed by atoms with Gasteiger partial charge in [0.25, 0.3) is 6.29 Å². The third-order valence-corrected chi connectivity index (χ3v) is 1.02. The number of hydrogen-bond donors (Lipinski definition) is 1. The van der Waals surface area contributed by atoms with Gasteiger partial charge in [0.05, 0.1) is 12.5 Å². The molecule has 0 aliphatic rings. The van der Waals surface area contributed by atoms with Gasteiger partial charge < -0.3 is 19.3 Å². The van der Waals surface area contributed by atoms with E-state index in [-0.39, 0.29) is 6.61 Å². The van der Waals surface area contributed by atoms with E-state index in [1.807, 2.05) is 0 Å². The molecule has 0 aliphatic heterocycles. The number of esters is 1. The van der Waals surface area contributed by atoms with E-state index in [1.165, 1.54) is 0 Å². The van der Waals surface area contributed by atoms with Crippen LogP contribution < -0.4 is 0 Å². The molecule has 0 heterocycles. The molecule has 0 aromatic carbocycles. The smallest absolute Gasteiger partial charge is 0.417 e. The molecule has 0 spiro atoms. The first-order valence-electron chi connectivity index (χ1n) is 3.54.